The Morgan fingerprint density at radius 3 is 2.87 bits per heavy atom. The number of benzene rings is 1. The summed E-state index contributed by atoms with van der Waals surface area (Å²) in [6.07, 6.45) is 5.95. The van der Waals surface area contributed by atoms with Crippen LogP contribution in [0.1, 0.15) is 0 Å². The van der Waals surface area contributed by atoms with Crippen molar-refractivity contribution in [3.8, 4) is 11.1 Å². The van der Waals surface area contributed by atoms with Crippen LogP contribution in [0, 0.1) is 5.92 Å². The maximum atomic E-state index is 4.50. The molecule has 2 fully saturated rings. The highest BCUT2D eigenvalue weighted by molar-refractivity contribution is 5.85. The number of H-pyrrole nitrogens is 1. The summed E-state index contributed by atoms with van der Waals surface area (Å²) in [5.74, 6) is 0.832. The lowest BCUT2D eigenvalue weighted by Crippen LogP contribution is -2.52. The number of aromatic nitrogens is 2. The van der Waals surface area contributed by atoms with Gasteiger partial charge >= 0.3 is 0 Å². The second-order valence-corrected chi connectivity index (χ2v) is 6.88. The number of hydrogen-bond donors (Lipinski definition) is 1. The molecule has 0 saturated carbocycles. The smallest absolute Gasteiger partial charge is 0.0559 e. The normalized spacial score (nSPS) is 24.0. The van der Waals surface area contributed by atoms with E-state index < -0.39 is 0 Å². The number of anilines is 1. The SMILES string of the molecule is CN1C[C@H]2CN(c3cncc(-c4ccc5cc[nH]c5c4)c3)C[C@@H]21. The third kappa shape index (κ3) is 2.05. The second kappa shape index (κ2) is 4.83. The van der Waals surface area contributed by atoms with Gasteiger partial charge in [-0.1, -0.05) is 12.1 Å². The molecule has 2 atom stereocenters. The number of hydrogen-bond acceptors (Lipinski definition) is 3. The Bertz CT molecular complexity index is 868. The third-order valence-electron chi connectivity index (χ3n) is 5.47. The van der Waals surface area contributed by atoms with E-state index in [1.54, 1.807) is 0 Å². The fourth-order valence-corrected chi connectivity index (χ4v) is 4.10. The van der Waals surface area contributed by atoms with Crippen molar-refractivity contribution in [1.29, 1.82) is 0 Å². The first-order valence-corrected chi connectivity index (χ1v) is 8.26. The average molecular weight is 304 g/mol. The molecule has 1 aromatic carbocycles. The minimum Gasteiger partial charge on any atom is -0.368 e. The van der Waals surface area contributed by atoms with Crippen LogP contribution in [0.5, 0.6) is 0 Å². The molecule has 2 aromatic heterocycles. The molecule has 0 spiro atoms. The van der Waals surface area contributed by atoms with Gasteiger partial charge in [-0.25, -0.2) is 0 Å². The van der Waals surface area contributed by atoms with Gasteiger partial charge < -0.3 is 14.8 Å². The van der Waals surface area contributed by atoms with Crippen LogP contribution in [-0.4, -0.2) is 47.6 Å². The Hall–Kier alpha value is -2.33. The molecule has 4 heteroatoms. The van der Waals surface area contributed by atoms with Crippen molar-refractivity contribution in [3.05, 3.63) is 48.9 Å². The summed E-state index contributed by atoms with van der Waals surface area (Å²) in [7, 11) is 2.23. The molecule has 4 heterocycles. The lowest BCUT2D eigenvalue weighted by atomic mass is 9.93. The van der Waals surface area contributed by atoms with Gasteiger partial charge in [-0.3, -0.25) is 4.98 Å². The van der Waals surface area contributed by atoms with Crippen LogP contribution in [0.25, 0.3) is 22.0 Å². The molecule has 1 N–H and O–H groups in total. The molecule has 2 aliphatic heterocycles. The van der Waals surface area contributed by atoms with E-state index in [9.17, 15) is 0 Å². The number of aromatic amines is 1. The van der Waals surface area contributed by atoms with Crippen LogP contribution in [-0.2, 0) is 0 Å². The zero-order chi connectivity index (χ0) is 15.4. The Morgan fingerprint density at radius 2 is 2.00 bits per heavy atom. The van der Waals surface area contributed by atoms with Crippen LogP contribution in [0.4, 0.5) is 5.69 Å². The highest BCUT2D eigenvalue weighted by Crippen LogP contribution is 2.34. The molecule has 4 nitrogen and oxygen atoms in total. The molecule has 2 saturated heterocycles. The predicted octanol–water partition coefficient (Wildman–Crippen LogP) is 2.98. The van der Waals surface area contributed by atoms with Gasteiger partial charge in [0, 0.05) is 55.1 Å². The van der Waals surface area contributed by atoms with Crippen LogP contribution in [0.3, 0.4) is 0 Å². The van der Waals surface area contributed by atoms with E-state index in [0.717, 1.165) is 25.0 Å². The number of nitrogens with one attached hydrogen (secondary N) is 1. The van der Waals surface area contributed by atoms with Crippen molar-refractivity contribution in [2.24, 2.45) is 5.92 Å². The van der Waals surface area contributed by atoms with Crippen LogP contribution >= 0.6 is 0 Å². The Kier molecular flexibility index (Phi) is 2.76. The molecule has 0 bridgehead atoms. The van der Waals surface area contributed by atoms with Gasteiger partial charge in [0.1, 0.15) is 0 Å². The van der Waals surface area contributed by atoms with E-state index >= 15 is 0 Å². The lowest BCUT2D eigenvalue weighted by Gasteiger charge is -2.40. The molecule has 3 aromatic rings. The van der Waals surface area contributed by atoms with Gasteiger partial charge in [-0.05, 0) is 36.2 Å². The fourth-order valence-electron chi connectivity index (χ4n) is 4.10. The zero-order valence-electron chi connectivity index (χ0n) is 13.2. The number of rotatable bonds is 2. The van der Waals surface area contributed by atoms with Gasteiger partial charge in [-0.2, -0.15) is 0 Å². The Labute approximate surface area is 135 Å². The first-order valence-electron chi connectivity index (χ1n) is 8.26. The van der Waals surface area contributed by atoms with Crippen molar-refractivity contribution >= 4 is 16.6 Å². The first-order chi connectivity index (χ1) is 11.3. The predicted molar refractivity (Wildman–Crippen MR) is 93.7 cm³/mol. The van der Waals surface area contributed by atoms with Gasteiger partial charge in [0.2, 0.25) is 0 Å². The van der Waals surface area contributed by atoms with Gasteiger partial charge in [0.15, 0.2) is 0 Å². The molecular formula is C19H20N4. The molecule has 23 heavy (non-hydrogen) atoms. The van der Waals surface area contributed by atoms with Gasteiger partial charge in [0.25, 0.3) is 0 Å². The third-order valence-corrected chi connectivity index (χ3v) is 5.47. The summed E-state index contributed by atoms with van der Waals surface area (Å²) in [6.45, 7) is 3.52. The zero-order valence-corrected chi connectivity index (χ0v) is 13.2. The maximum absolute atomic E-state index is 4.50. The number of likely N-dealkylation sites (N-methyl/N-ethyl adjacent to an activating group) is 1. The monoisotopic (exact) mass is 304 g/mol. The average Bonchev–Trinajstić information content (AvgIpc) is 3.18. The lowest BCUT2D eigenvalue weighted by molar-refractivity contribution is 0.0827. The Morgan fingerprint density at radius 1 is 1.04 bits per heavy atom. The summed E-state index contributed by atoms with van der Waals surface area (Å²) in [4.78, 5) is 12.7. The van der Waals surface area contributed by atoms with Crippen molar-refractivity contribution in [2.75, 3.05) is 31.6 Å². The Balaban J connectivity index is 1.48. The first kappa shape index (κ1) is 13.1. The molecule has 0 amide bonds. The number of likely N-dealkylation sites (tertiary alicyclic amines) is 1. The van der Waals surface area contributed by atoms with E-state index in [2.05, 4.69) is 57.1 Å². The van der Waals surface area contributed by atoms with Gasteiger partial charge in [0.05, 0.1) is 11.9 Å². The molecule has 0 radical (unpaired) electrons. The molecule has 116 valence electrons. The number of nitrogens with zero attached hydrogens (tertiary/aromatic N) is 3. The van der Waals surface area contributed by atoms with E-state index in [1.807, 2.05) is 18.6 Å². The summed E-state index contributed by atoms with van der Waals surface area (Å²) < 4.78 is 0. The standard InChI is InChI=1S/C19H20N4/c1-22-10-16-11-23(12-19(16)22)17-6-15(8-20-9-17)14-3-2-13-4-5-21-18(13)7-14/h2-9,16,19,21H,10-12H2,1H3/t16-,19-/m0/s1. The largest absolute Gasteiger partial charge is 0.368 e. The molecule has 0 aliphatic carbocycles. The van der Waals surface area contributed by atoms with E-state index in [4.69, 9.17) is 0 Å². The molecule has 2 aliphatic rings. The summed E-state index contributed by atoms with van der Waals surface area (Å²) in [6, 6.07) is 11.7. The van der Waals surface area contributed by atoms with E-state index in [0.29, 0.717) is 0 Å². The van der Waals surface area contributed by atoms with Crippen LogP contribution in [0.2, 0.25) is 0 Å². The van der Waals surface area contributed by atoms with Gasteiger partial charge in [-0.15, -0.1) is 0 Å². The fraction of sp³-hybridized carbons (Fsp3) is 0.316. The maximum Gasteiger partial charge on any atom is 0.0559 e. The van der Waals surface area contributed by atoms with Crippen molar-refractivity contribution in [3.63, 3.8) is 0 Å². The van der Waals surface area contributed by atoms with E-state index in [1.165, 1.54) is 34.3 Å². The molecular weight excluding hydrogens is 284 g/mol. The van der Waals surface area contributed by atoms with Crippen molar-refractivity contribution in [1.82, 2.24) is 14.9 Å². The van der Waals surface area contributed by atoms with Crippen molar-refractivity contribution < 1.29 is 0 Å². The molecule has 0 unspecified atom stereocenters. The highest BCUT2D eigenvalue weighted by atomic mass is 15.3. The quantitative estimate of drug-likeness (QED) is 0.790. The van der Waals surface area contributed by atoms with Crippen molar-refractivity contribution in [2.45, 2.75) is 6.04 Å². The number of fused-ring (bicyclic) bond motifs is 2. The van der Waals surface area contributed by atoms with Crippen LogP contribution < -0.4 is 4.90 Å². The summed E-state index contributed by atoms with van der Waals surface area (Å²) in [5.41, 5.74) is 4.82. The molecule has 5 rings (SSSR count). The summed E-state index contributed by atoms with van der Waals surface area (Å²) in [5, 5.41) is 1.25. The number of pyridine rings is 1. The van der Waals surface area contributed by atoms with E-state index in [-0.39, 0.29) is 0 Å². The highest BCUT2D eigenvalue weighted by Gasteiger charge is 2.43. The van der Waals surface area contributed by atoms with Crippen LogP contribution in [0.15, 0.2) is 48.9 Å². The summed E-state index contributed by atoms with van der Waals surface area (Å²) >= 11 is 0. The topological polar surface area (TPSA) is 35.2 Å². The minimum atomic E-state index is 0.730. The second-order valence-electron chi connectivity index (χ2n) is 6.88. The minimum absolute atomic E-state index is 0.730.